The second-order valence-electron chi connectivity index (χ2n) is 6.54. The van der Waals surface area contributed by atoms with Crippen LogP contribution in [0.2, 0.25) is 0 Å². The second kappa shape index (κ2) is 6.03. The molecule has 1 amide bonds. The minimum Gasteiger partial charge on any atom is -0.377 e. The number of carbonyl (C=O) groups excluding carboxylic acids is 1. The van der Waals surface area contributed by atoms with Crippen LogP contribution in [0.4, 0.5) is 5.82 Å². The Hall–Kier alpha value is -1.76. The van der Waals surface area contributed by atoms with E-state index in [9.17, 15) is 4.79 Å². The maximum Gasteiger partial charge on any atom is 0.242 e. The summed E-state index contributed by atoms with van der Waals surface area (Å²) in [5.74, 6) is 0.563. The lowest BCUT2D eigenvalue weighted by Crippen LogP contribution is -2.38. The van der Waals surface area contributed by atoms with Gasteiger partial charge in [-0.25, -0.2) is 4.98 Å². The molecule has 122 valence electrons. The number of piperidine rings is 1. The first-order valence-corrected chi connectivity index (χ1v) is 8.08. The van der Waals surface area contributed by atoms with Gasteiger partial charge in [0.2, 0.25) is 5.91 Å². The van der Waals surface area contributed by atoms with Crippen molar-refractivity contribution in [2.24, 2.45) is 5.41 Å². The van der Waals surface area contributed by atoms with Crippen LogP contribution in [-0.2, 0) is 20.9 Å². The Balaban J connectivity index is 1.53. The predicted octanol–water partition coefficient (Wildman–Crippen LogP) is 1.24. The highest BCUT2D eigenvalue weighted by molar-refractivity contribution is 5.95. The van der Waals surface area contributed by atoms with Crippen LogP contribution in [0.5, 0.6) is 0 Å². The third-order valence-corrected chi connectivity index (χ3v) is 4.89. The average molecular weight is 315 g/mol. The van der Waals surface area contributed by atoms with E-state index in [1.165, 1.54) is 0 Å². The third kappa shape index (κ3) is 3.02. The maximum atomic E-state index is 12.5. The molecule has 2 fully saturated rings. The summed E-state index contributed by atoms with van der Waals surface area (Å²) < 4.78 is 11.4. The van der Waals surface area contributed by atoms with Crippen LogP contribution in [0, 0.1) is 5.41 Å². The van der Waals surface area contributed by atoms with Crippen LogP contribution in [0.25, 0.3) is 0 Å². The molecule has 1 saturated heterocycles. The zero-order valence-electron chi connectivity index (χ0n) is 13.0. The molecular formula is C17H21N3O3. The molecule has 6 heteroatoms. The second-order valence-corrected chi connectivity index (χ2v) is 6.54. The van der Waals surface area contributed by atoms with Crippen molar-refractivity contribution in [1.29, 1.82) is 0 Å². The maximum absolute atomic E-state index is 12.5. The summed E-state index contributed by atoms with van der Waals surface area (Å²) in [4.78, 5) is 16.8. The Bertz CT molecular complexity index is 633. The first kappa shape index (κ1) is 14.8. The molecule has 0 aromatic carbocycles. The number of carbonyl (C=O) groups is 1. The molecule has 23 heavy (non-hydrogen) atoms. The lowest BCUT2D eigenvalue weighted by atomic mass is 10.0. The van der Waals surface area contributed by atoms with Gasteiger partial charge >= 0.3 is 0 Å². The average Bonchev–Trinajstić information content (AvgIpc) is 3.11. The minimum absolute atomic E-state index is 0.0236. The summed E-state index contributed by atoms with van der Waals surface area (Å²) in [6.45, 7) is 2.23. The molecule has 1 spiro atoms. The Labute approximate surface area is 135 Å². The van der Waals surface area contributed by atoms with Crippen LogP contribution in [0.3, 0.4) is 0 Å². The smallest absolute Gasteiger partial charge is 0.242 e. The molecule has 2 aliphatic heterocycles. The zero-order chi connectivity index (χ0) is 15.7. The molecule has 6 nitrogen and oxygen atoms in total. The minimum atomic E-state index is -0.172. The number of rotatable bonds is 0. The summed E-state index contributed by atoms with van der Waals surface area (Å²) in [5.41, 5.74) is 1.03. The van der Waals surface area contributed by atoms with Gasteiger partial charge < -0.3 is 20.1 Å². The van der Waals surface area contributed by atoms with Gasteiger partial charge in [0.15, 0.2) is 0 Å². The first-order valence-electron chi connectivity index (χ1n) is 8.08. The fourth-order valence-electron chi connectivity index (χ4n) is 3.48. The fourth-order valence-corrected chi connectivity index (χ4v) is 3.48. The van der Waals surface area contributed by atoms with E-state index < -0.39 is 0 Å². The van der Waals surface area contributed by atoms with E-state index in [2.05, 4.69) is 15.6 Å². The van der Waals surface area contributed by atoms with E-state index in [-0.39, 0.29) is 17.4 Å². The Morgan fingerprint density at radius 2 is 2.09 bits per heavy atom. The molecule has 2 bridgehead atoms. The SMILES string of the molecule is O=C1Nc2ncccc2COC/C=C/COC[C@@]23C[C@@H]1N[C@@H]2C3. The van der Waals surface area contributed by atoms with Crippen molar-refractivity contribution in [3.63, 3.8) is 0 Å². The summed E-state index contributed by atoms with van der Waals surface area (Å²) in [6.07, 6.45) is 7.56. The fraction of sp³-hybridized carbons (Fsp3) is 0.529. The largest absolute Gasteiger partial charge is 0.377 e. The number of anilines is 1. The standard InChI is InChI=1S/C17H21N3O3/c21-16-13-8-17(9-14(17)19-13)11-23-7-2-1-6-22-10-12-4-3-5-18-15(12)20-16/h1-5,13-14,19H,6-11H2,(H,18,20,21)/b2-1+/t13-,14+,17-/m0/s1. The van der Waals surface area contributed by atoms with Crippen LogP contribution in [0.1, 0.15) is 18.4 Å². The monoisotopic (exact) mass is 315 g/mol. The van der Waals surface area contributed by atoms with Crippen molar-refractivity contribution in [3.05, 3.63) is 36.0 Å². The lowest BCUT2D eigenvalue weighted by molar-refractivity contribution is -0.118. The molecular weight excluding hydrogens is 294 g/mol. The Kier molecular flexibility index (Phi) is 3.88. The van der Waals surface area contributed by atoms with Gasteiger partial charge in [0.25, 0.3) is 0 Å². The van der Waals surface area contributed by atoms with Crippen LogP contribution < -0.4 is 10.6 Å². The van der Waals surface area contributed by atoms with Crippen molar-refractivity contribution in [2.45, 2.75) is 31.5 Å². The number of hydrogen-bond acceptors (Lipinski definition) is 5. The molecule has 3 heterocycles. The topological polar surface area (TPSA) is 72.5 Å². The van der Waals surface area contributed by atoms with Crippen LogP contribution >= 0.6 is 0 Å². The molecule has 2 N–H and O–H groups in total. The summed E-state index contributed by atoms with van der Waals surface area (Å²) in [5, 5.41) is 6.36. The number of amides is 1. The van der Waals surface area contributed by atoms with Crippen molar-refractivity contribution in [3.8, 4) is 0 Å². The van der Waals surface area contributed by atoms with Crippen molar-refractivity contribution in [1.82, 2.24) is 10.3 Å². The Morgan fingerprint density at radius 3 is 3.00 bits per heavy atom. The zero-order valence-corrected chi connectivity index (χ0v) is 13.0. The summed E-state index contributed by atoms with van der Waals surface area (Å²) in [6, 6.07) is 4.01. The number of aromatic nitrogens is 1. The lowest BCUT2D eigenvalue weighted by Gasteiger charge is -2.17. The highest BCUT2D eigenvalue weighted by Crippen LogP contribution is 2.54. The van der Waals surface area contributed by atoms with Crippen LogP contribution in [-0.4, -0.2) is 42.8 Å². The number of nitrogens with one attached hydrogen (secondary N) is 2. The highest BCUT2D eigenvalue weighted by Gasteiger charge is 2.61. The summed E-state index contributed by atoms with van der Waals surface area (Å²) in [7, 11) is 0. The van der Waals surface area contributed by atoms with Crippen LogP contribution in [0.15, 0.2) is 30.5 Å². The number of hydrogen-bond donors (Lipinski definition) is 2. The molecule has 3 atom stereocenters. The van der Waals surface area contributed by atoms with Gasteiger partial charge in [0.1, 0.15) is 5.82 Å². The number of fused-ring (bicyclic) bond motifs is 2. The molecule has 4 rings (SSSR count). The molecule has 1 aliphatic carbocycles. The quantitative estimate of drug-likeness (QED) is 0.705. The first-order chi connectivity index (χ1) is 11.3. The van der Waals surface area contributed by atoms with E-state index in [1.807, 2.05) is 24.3 Å². The van der Waals surface area contributed by atoms with Gasteiger partial charge in [-0.1, -0.05) is 18.2 Å². The molecule has 1 aromatic heterocycles. The van der Waals surface area contributed by atoms with Gasteiger partial charge in [-0.15, -0.1) is 0 Å². The van der Waals surface area contributed by atoms with Gasteiger partial charge in [-0.3, -0.25) is 4.79 Å². The van der Waals surface area contributed by atoms with Crippen molar-refractivity contribution >= 4 is 11.7 Å². The molecule has 1 aromatic rings. The van der Waals surface area contributed by atoms with E-state index in [4.69, 9.17) is 9.47 Å². The van der Waals surface area contributed by atoms with E-state index >= 15 is 0 Å². The third-order valence-electron chi connectivity index (χ3n) is 4.89. The van der Waals surface area contributed by atoms with Gasteiger partial charge in [0, 0.05) is 23.2 Å². The van der Waals surface area contributed by atoms with E-state index in [1.54, 1.807) is 6.20 Å². The normalized spacial score (nSPS) is 35.2. The predicted molar refractivity (Wildman–Crippen MR) is 84.9 cm³/mol. The van der Waals surface area contributed by atoms with E-state index in [0.717, 1.165) is 18.4 Å². The van der Waals surface area contributed by atoms with Gasteiger partial charge in [0.05, 0.1) is 32.5 Å². The Morgan fingerprint density at radius 1 is 1.22 bits per heavy atom. The summed E-state index contributed by atoms with van der Waals surface area (Å²) >= 11 is 0. The highest BCUT2D eigenvalue weighted by atomic mass is 16.5. The van der Waals surface area contributed by atoms with Gasteiger partial charge in [-0.05, 0) is 18.9 Å². The van der Waals surface area contributed by atoms with Crippen molar-refractivity contribution < 1.29 is 14.3 Å². The molecule has 1 saturated carbocycles. The van der Waals surface area contributed by atoms with E-state index in [0.29, 0.717) is 38.3 Å². The van der Waals surface area contributed by atoms with Crippen molar-refractivity contribution in [2.75, 3.05) is 25.1 Å². The number of pyridine rings is 1. The molecule has 0 radical (unpaired) electrons. The van der Waals surface area contributed by atoms with Gasteiger partial charge in [-0.2, -0.15) is 0 Å². The number of ether oxygens (including phenoxy) is 2. The number of nitrogens with zero attached hydrogens (tertiary/aromatic N) is 1. The molecule has 3 aliphatic rings. The molecule has 0 unspecified atom stereocenters.